The van der Waals surface area contributed by atoms with Crippen molar-refractivity contribution in [2.75, 3.05) is 39.3 Å². The van der Waals surface area contributed by atoms with Crippen LogP contribution in [0.25, 0.3) is 0 Å². The number of carbonyl (C=O) groups excluding carboxylic acids is 1. The Morgan fingerprint density at radius 2 is 1.96 bits per heavy atom. The van der Waals surface area contributed by atoms with Crippen LogP contribution in [-0.4, -0.2) is 50.1 Å². The third kappa shape index (κ3) is 6.36. The lowest BCUT2D eigenvalue weighted by Gasteiger charge is -2.27. The molecule has 0 bridgehead atoms. The van der Waals surface area contributed by atoms with E-state index in [1.165, 1.54) is 4.90 Å². The van der Waals surface area contributed by atoms with Gasteiger partial charge in [-0.3, -0.25) is 4.79 Å². The average molecular weight is 396 g/mol. The summed E-state index contributed by atoms with van der Waals surface area (Å²) in [5.41, 5.74) is 0.938. The predicted octanol–water partition coefficient (Wildman–Crippen LogP) is 3.02. The molecule has 0 atom stereocenters. The van der Waals surface area contributed by atoms with Gasteiger partial charge in [-0.25, -0.2) is 0 Å². The Morgan fingerprint density at radius 3 is 2.73 bits per heavy atom. The minimum absolute atomic E-state index is 0. The summed E-state index contributed by atoms with van der Waals surface area (Å²) in [7, 11) is 0. The molecule has 2 aromatic rings. The maximum atomic E-state index is 12.4. The van der Waals surface area contributed by atoms with Gasteiger partial charge in [-0.2, -0.15) is 0 Å². The summed E-state index contributed by atoms with van der Waals surface area (Å²) in [6.07, 6.45) is 2.55. The summed E-state index contributed by atoms with van der Waals surface area (Å²) in [6.45, 7) is 5.99. The number of carbonyl (C=O) groups is 1. The van der Waals surface area contributed by atoms with E-state index >= 15 is 0 Å². The first-order valence-corrected chi connectivity index (χ1v) is 9.77. The second-order valence-corrected chi connectivity index (χ2v) is 7.13. The number of halogens is 1. The lowest BCUT2D eigenvalue weighted by molar-refractivity contribution is 0.0922. The van der Waals surface area contributed by atoms with Crippen LogP contribution >= 0.6 is 24.2 Å². The number of furan rings is 1. The lowest BCUT2D eigenvalue weighted by Crippen LogP contribution is -2.44. The van der Waals surface area contributed by atoms with Gasteiger partial charge in [0.15, 0.2) is 5.76 Å². The highest BCUT2D eigenvalue weighted by molar-refractivity contribution is 7.98. The van der Waals surface area contributed by atoms with Crippen molar-refractivity contribution in [3.63, 3.8) is 0 Å². The van der Waals surface area contributed by atoms with Crippen molar-refractivity contribution >= 4 is 30.1 Å². The summed E-state index contributed by atoms with van der Waals surface area (Å²) in [6, 6.07) is 12.1. The highest BCUT2D eigenvalue weighted by Gasteiger charge is 2.15. The molecule has 2 heterocycles. The molecule has 2 N–H and O–H groups in total. The Bertz CT molecular complexity index is 660. The topological polar surface area (TPSA) is 57.5 Å². The molecule has 7 heteroatoms. The van der Waals surface area contributed by atoms with Gasteiger partial charge >= 0.3 is 0 Å². The molecule has 3 rings (SSSR count). The SMILES string of the molecule is Cl.O=C(NCCCN1CCNCC1)c1occc1CSc1ccccc1. The van der Waals surface area contributed by atoms with Crippen LogP contribution in [0, 0.1) is 0 Å². The Kier molecular flexibility index (Phi) is 9.05. The molecule has 1 aliphatic heterocycles. The van der Waals surface area contributed by atoms with E-state index in [-0.39, 0.29) is 18.3 Å². The van der Waals surface area contributed by atoms with Crippen LogP contribution in [0.1, 0.15) is 22.5 Å². The number of rotatable bonds is 8. The smallest absolute Gasteiger partial charge is 0.287 e. The van der Waals surface area contributed by atoms with Gasteiger partial charge in [0.1, 0.15) is 0 Å². The maximum absolute atomic E-state index is 12.4. The Balaban J connectivity index is 0.00000243. The van der Waals surface area contributed by atoms with Crippen molar-refractivity contribution in [2.45, 2.75) is 17.1 Å². The first-order chi connectivity index (χ1) is 12.3. The number of hydrogen-bond donors (Lipinski definition) is 2. The highest BCUT2D eigenvalue weighted by Crippen LogP contribution is 2.24. The molecule has 1 saturated heterocycles. The van der Waals surface area contributed by atoms with Gasteiger partial charge in [0.05, 0.1) is 6.26 Å². The minimum Gasteiger partial charge on any atom is -0.459 e. The first-order valence-electron chi connectivity index (χ1n) is 8.78. The van der Waals surface area contributed by atoms with E-state index in [0.717, 1.165) is 50.5 Å². The van der Waals surface area contributed by atoms with Gasteiger partial charge in [0, 0.05) is 48.9 Å². The molecule has 1 fully saturated rings. The fraction of sp³-hybridized carbons (Fsp3) is 0.421. The van der Waals surface area contributed by atoms with Gasteiger partial charge < -0.3 is 20.0 Å². The summed E-state index contributed by atoms with van der Waals surface area (Å²) in [5, 5.41) is 6.33. The maximum Gasteiger partial charge on any atom is 0.287 e. The van der Waals surface area contributed by atoms with Gasteiger partial charge in [-0.15, -0.1) is 24.2 Å². The molecule has 0 radical (unpaired) electrons. The zero-order valence-corrected chi connectivity index (χ0v) is 16.4. The zero-order valence-electron chi connectivity index (χ0n) is 14.8. The van der Waals surface area contributed by atoms with E-state index in [1.807, 2.05) is 24.3 Å². The zero-order chi connectivity index (χ0) is 17.3. The largest absolute Gasteiger partial charge is 0.459 e. The van der Waals surface area contributed by atoms with Crippen LogP contribution in [0.2, 0.25) is 0 Å². The lowest BCUT2D eigenvalue weighted by atomic mass is 10.2. The molecule has 1 aromatic heterocycles. The monoisotopic (exact) mass is 395 g/mol. The van der Waals surface area contributed by atoms with Crippen LogP contribution in [-0.2, 0) is 5.75 Å². The molecule has 0 unspecified atom stereocenters. The Labute approximate surface area is 165 Å². The quantitative estimate of drug-likeness (QED) is 0.531. The van der Waals surface area contributed by atoms with Gasteiger partial charge in [0.25, 0.3) is 5.91 Å². The molecule has 0 saturated carbocycles. The third-order valence-corrected chi connectivity index (χ3v) is 5.30. The molecule has 26 heavy (non-hydrogen) atoms. The molecule has 1 amide bonds. The standard InChI is InChI=1S/C19H25N3O2S.ClH/c23-19(21-8-4-11-22-12-9-20-10-13-22)18-16(7-14-24-18)15-25-17-5-2-1-3-6-17;/h1-3,5-7,14,20H,4,8-13,15H2,(H,21,23);1H. The van der Waals surface area contributed by atoms with Crippen molar-refractivity contribution in [3.05, 3.63) is 54.0 Å². The van der Waals surface area contributed by atoms with Crippen molar-refractivity contribution in [1.29, 1.82) is 0 Å². The van der Waals surface area contributed by atoms with E-state index in [9.17, 15) is 4.79 Å². The fourth-order valence-electron chi connectivity index (χ4n) is 2.85. The van der Waals surface area contributed by atoms with Crippen LogP contribution in [0.4, 0.5) is 0 Å². The number of amides is 1. The van der Waals surface area contributed by atoms with E-state index in [4.69, 9.17) is 4.42 Å². The molecule has 5 nitrogen and oxygen atoms in total. The second kappa shape index (κ2) is 11.3. The summed E-state index contributed by atoms with van der Waals surface area (Å²) >= 11 is 1.70. The summed E-state index contributed by atoms with van der Waals surface area (Å²) < 4.78 is 5.42. The van der Waals surface area contributed by atoms with Crippen LogP contribution < -0.4 is 10.6 Å². The number of hydrogen-bond acceptors (Lipinski definition) is 5. The van der Waals surface area contributed by atoms with Crippen molar-refractivity contribution in [2.24, 2.45) is 0 Å². The molecular formula is C19H26ClN3O2S. The third-order valence-electron chi connectivity index (χ3n) is 4.24. The molecule has 142 valence electrons. The number of benzene rings is 1. The van der Waals surface area contributed by atoms with E-state index in [0.29, 0.717) is 12.3 Å². The van der Waals surface area contributed by atoms with Crippen molar-refractivity contribution in [3.8, 4) is 0 Å². The predicted molar refractivity (Wildman–Crippen MR) is 108 cm³/mol. The molecule has 0 spiro atoms. The van der Waals surface area contributed by atoms with E-state index in [1.54, 1.807) is 18.0 Å². The minimum atomic E-state index is -0.117. The Morgan fingerprint density at radius 1 is 1.19 bits per heavy atom. The van der Waals surface area contributed by atoms with Crippen LogP contribution in [0.5, 0.6) is 0 Å². The highest BCUT2D eigenvalue weighted by atomic mass is 35.5. The first kappa shape index (κ1) is 20.8. The fourth-order valence-corrected chi connectivity index (χ4v) is 3.75. The number of nitrogens with zero attached hydrogens (tertiary/aromatic N) is 1. The number of nitrogens with one attached hydrogen (secondary N) is 2. The number of thioether (sulfide) groups is 1. The van der Waals surface area contributed by atoms with Gasteiger partial charge in [-0.05, 0) is 31.2 Å². The summed E-state index contributed by atoms with van der Waals surface area (Å²) in [5.74, 6) is 1.05. The molecule has 1 aliphatic rings. The number of piperazine rings is 1. The summed E-state index contributed by atoms with van der Waals surface area (Å²) in [4.78, 5) is 16.0. The van der Waals surface area contributed by atoms with Crippen molar-refractivity contribution in [1.82, 2.24) is 15.5 Å². The molecule has 1 aromatic carbocycles. The molecule has 0 aliphatic carbocycles. The molecular weight excluding hydrogens is 370 g/mol. The second-order valence-electron chi connectivity index (χ2n) is 6.08. The van der Waals surface area contributed by atoms with Crippen LogP contribution in [0.15, 0.2) is 52.0 Å². The average Bonchev–Trinajstić information content (AvgIpc) is 3.14. The van der Waals surface area contributed by atoms with Gasteiger partial charge in [-0.1, -0.05) is 18.2 Å². The van der Waals surface area contributed by atoms with Crippen LogP contribution in [0.3, 0.4) is 0 Å². The Hall–Kier alpha value is -1.47. The normalized spacial score (nSPS) is 14.6. The van der Waals surface area contributed by atoms with E-state index in [2.05, 4.69) is 27.7 Å². The van der Waals surface area contributed by atoms with Crippen molar-refractivity contribution < 1.29 is 9.21 Å². The van der Waals surface area contributed by atoms with E-state index < -0.39 is 0 Å². The van der Waals surface area contributed by atoms with Gasteiger partial charge in [0.2, 0.25) is 0 Å².